The van der Waals surface area contributed by atoms with Crippen molar-refractivity contribution in [3.8, 4) is 0 Å². The van der Waals surface area contributed by atoms with E-state index in [9.17, 15) is 0 Å². The molecule has 5 heteroatoms. The van der Waals surface area contributed by atoms with E-state index in [4.69, 9.17) is 14.2 Å². The van der Waals surface area contributed by atoms with Crippen LogP contribution in [0.25, 0.3) is 0 Å². The van der Waals surface area contributed by atoms with Crippen molar-refractivity contribution >= 4 is 0 Å². The van der Waals surface area contributed by atoms with Crippen LogP contribution in [0.5, 0.6) is 0 Å². The van der Waals surface area contributed by atoms with Crippen LogP contribution in [0.2, 0.25) is 0 Å². The number of fused-ring (bicyclic) bond motifs is 3. The van der Waals surface area contributed by atoms with E-state index in [1.54, 1.807) is 5.57 Å². The van der Waals surface area contributed by atoms with Gasteiger partial charge in [0.25, 0.3) is 0 Å². The third-order valence-electron chi connectivity index (χ3n) is 16.6. The van der Waals surface area contributed by atoms with Gasteiger partial charge in [0.2, 0.25) is 0 Å². The summed E-state index contributed by atoms with van der Waals surface area (Å²) in [6.45, 7) is 24.0. The molecule has 2 saturated carbocycles. The van der Waals surface area contributed by atoms with Crippen LogP contribution in [-0.2, 0) is 20.8 Å². The molecule has 5 nitrogen and oxygen atoms in total. The monoisotopic (exact) mass is 849 g/mol. The second-order valence-corrected chi connectivity index (χ2v) is 21.5. The van der Waals surface area contributed by atoms with Crippen LogP contribution in [0.3, 0.4) is 0 Å². The molecule has 352 valence electrons. The molecular formula is C56H100N2O3. The van der Waals surface area contributed by atoms with Gasteiger partial charge in [-0.15, -0.1) is 0 Å². The van der Waals surface area contributed by atoms with Crippen LogP contribution >= 0.6 is 0 Å². The van der Waals surface area contributed by atoms with Gasteiger partial charge in [-0.25, -0.2) is 4.98 Å². The van der Waals surface area contributed by atoms with E-state index in [0.717, 1.165) is 87.6 Å². The van der Waals surface area contributed by atoms with Gasteiger partial charge < -0.3 is 18.8 Å². The summed E-state index contributed by atoms with van der Waals surface area (Å²) in [5.41, 5.74) is 2.57. The van der Waals surface area contributed by atoms with E-state index in [1.165, 1.54) is 141 Å². The van der Waals surface area contributed by atoms with Gasteiger partial charge >= 0.3 is 0 Å². The van der Waals surface area contributed by atoms with Gasteiger partial charge in [0.05, 0.1) is 31.7 Å². The SMILES string of the molecule is CCCCCCCC/C=C\CCCCCCCCOCC(Cn1ccnc1)OCCCCO[C@H]1CC[C@@]2(C)C(=CCC3C(CC)[C@@](C)(C(C)C(C)CCCC(C)C)CCC32)C1. The van der Waals surface area contributed by atoms with Crippen LogP contribution in [0, 0.1) is 46.3 Å². The third-order valence-corrected chi connectivity index (χ3v) is 16.6. The quantitative estimate of drug-likeness (QED) is 0.0512. The fraction of sp³-hybridized carbons (Fsp3) is 0.875. The Kier molecular flexibility index (Phi) is 25.0. The number of ether oxygens (including phenoxy) is 3. The maximum atomic E-state index is 6.62. The molecule has 61 heavy (non-hydrogen) atoms. The average Bonchev–Trinajstić information content (AvgIpc) is 3.77. The summed E-state index contributed by atoms with van der Waals surface area (Å²) in [5.74, 6) is 4.97. The number of imidazole rings is 1. The molecule has 0 saturated heterocycles. The molecule has 0 aromatic carbocycles. The Hall–Kier alpha value is -1.43. The molecular weight excluding hydrogens is 749 g/mol. The number of rotatable bonds is 34. The molecule has 1 aromatic rings. The summed E-state index contributed by atoms with van der Waals surface area (Å²) in [4.78, 5) is 4.25. The highest BCUT2D eigenvalue weighted by Gasteiger charge is 2.55. The number of nitrogens with zero attached hydrogens (tertiary/aromatic N) is 2. The predicted molar refractivity (Wildman–Crippen MR) is 261 cm³/mol. The maximum absolute atomic E-state index is 6.62. The molecule has 0 N–H and O–H groups in total. The Balaban J connectivity index is 1.08. The summed E-state index contributed by atoms with van der Waals surface area (Å²) < 4.78 is 21.3. The van der Waals surface area contributed by atoms with Crippen molar-refractivity contribution < 1.29 is 14.2 Å². The van der Waals surface area contributed by atoms with Gasteiger partial charge in [0.1, 0.15) is 0 Å². The average molecular weight is 849 g/mol. The number of hydrogen-bond acceptors (Lipinski definition) is 4. The first kappa shape index (κ1) is 52.2. The highest BCUT2D eigenvalue weighted by molar-refractivity contribution is 5.25. The van der Waals surface area contributed by atoms with E-state index in [2.05, 4.69) is 83.2 Å². The summed E-state index contributed by atoms with van der Waals surface area (Å²) >= 11 is 0. The van der Waals surface area contributed by atoms with Crippen molar-refractivity contribution in [2.45, 2.75) is 241 Å². The fourth-order valence-electron chi connectivity index (χ4n) is 12.4. The van der Waals surface area contributed by atoms with Crippen LogP contribution < -0.4 is 0 Å². The summed E-state index contributed by atoms with van der Waals surface area (Å²) in [5, 5.41) is 0. The van der Waals surface area contributed by atoms with Crippen LogP contribution in [0.1, 0.15) is 222 Å². The van der Waals surface area contributed by atoms with Crippen molar-refractivity contribution in [2.24, 2.45) is 46.3 Å². The third kappa shape index (κ3) is 17.5. The lowest BCUT2D eigenvalue weighted by molar-refractivity contribution is -0.0880. The second-order valence-electron chi connectivity index (χ2n) is 21.5. The molecule has 3 aliphatic rings. The Labute approximate surface area is 378 Å². The summed E-state index contributed by atoms with van der Waals surface area (Å²) in [7, 11) is 0. The lowest BCUT2D eigenvalue weighted by Gasteiger charge is -2.60. The normalized spacial score (nSPS) is 26.9. The Bertz CT molecular complexity index is 1310. The van der Waals surface area contributed by atoms with E-state index < -0.39 is 0 Å². The Morgan fingerprint density at radius 1 is 0.787 bits per heavy atom. The Morgan fingerprint density at radius 2 is 1.48 bits per heavy atom. The van der Waals surface area contributed by atoms with E-state index in [1.807, 2.05) is 18.7 Å². The first-order chi connectivity index (χ1) is 29.6. The number of hydrogen-bond donors (Lipinski definition) is 0. The predicted octanol–water partition coefficient (Wildman–Crippen LogP) is 16.2. The van der Waals surface area contributed by atoms with Gasteiger partial charge in [-0.1, -0.05) is 163 Å². The molecule has 3 aliphatic carbocycles. The molecule has 6 unspecified atom stereocenters. The van der Waals surface area contributed by atoms with Crippen molar-refractivity contribution in [1.29, 1.82) is 0 Å². The zero-order chi connectivity index (χ0) is 43.8. The van der Waals surface area contributed by atoms with Gasteiger partial charge in [0, 0.05) is 32.2 Å². The molecule has 0 radical (unpaired) electrons. The van der Waals surface area contributed by atoms with E-state index in [-0.39, 0.29) is 6.10 Å². The molecule has 4 rings (SSSR count). The minimum Gasteiger partial charge on any atom is -0.379 e. The van der Waals surface area contributed by atoms with E-state index >= 15 is 0 Å². The standard InChI is InChI=1S/C56H100N2O3/c1-9-11-12-13-14-15-16-17-18-19-20-21-22-23-24-25-39-59-44-51(43-58-38-37-57-45-58)61-41-27-26-40-60-50-33-35-56(8)49(42-50)31-32-52-53(10-2)55(7,36-34-54(52)56)48(6)47(5)30-28-29-46(3)4/h17-18,31,37-38,45-48,50-54H,9-16,19-30,32-36,39-44H2,1-8H3/b18-17-/t47?,48?,50-,51?,52?,53?,54?,55+,56-/m0/s1. The second kappa shape index (κ2) is 29.2. The molecule has 1 heterocycles. The minimum absolute atomic E-state index is 0.0496. The van der Waals surface area contributed by atoms with Gasteiger partial charge in [-0.05, 0) is 130 Å². The molecule has 0 bridgehead atoms. The first-order valence-electron chi connectivity index (χ1n) is 26.7. The van der Waals surface area contributed by atoms with Gasteiger partial charge in [0.15, 0.2) is 0 Å². The zero-order valence-electron chi connectivity index (χ0n) is 41.6. The molecule has 2 fully saturated rings. The van der Waals surface area contributed by atoms with Crippen molar-refractivity contribution in [3.63, 3.8) is 0 Å². The molecule has 0 aliphatic heterocycles. The van der Waals surface area contributed by atoms with Crippen molar-refractivity contribution in [3.05, 3.63) is 42.5 Å². The van der Waals surface area contributed by atoms with Crippen LogP contribution in [-0.4, -0.2) is 48.2 Å². The zero-order valence-corrected chi connectivity index (χ0v) is 41.6. The number of aromatic nitrogens is 2. The molecule has 9 atom stereocenters. The fourth-order valence-corrected chi connectivity index (χ4v) is 12.4. The maximum Gasteiger partial charge on any atom is 0.0987 e. The summed E-state index contributed by atoms with van der Waals surface area (Å²) in [6, 6.07) is 0. The summed E-state index contributed by atoms with van der Waals surface area (Å²) in [6.07, 6.45) is 47.8. The molecule has 1 aromatic heterocycles. The van der Waals surface area contributed by atoms with Crippen molar-refractivity contribution in [2.75, 3.05) is 26.4 Å². The number of allylic oxidation sites excluding steroid dienone is 3. The highest BCUT2D eigenvalue weighted by Crippen LogP contribution is 2.64. The first-order valence-corrected chi connectivity index (χ1v) is 26.7. The molecule has 0 amide bonds. The van der Waals surface area contributed by atoms with Gasteiger partial charge in [-0.3, -0.25) is 0 Å². The Morgan fingerprint density at radius 3 is 2.16 bits per heavy atom. The van der Waals surface area contributed by atoms with E-state index in [0.29, 0.717) is 23.5 Å². The lowest BCUT2D eigenvalue weighted by atomic mass is 9.45. The number of unbranched alkanes of at least 4 members (excludes halogenated alkanes) is 13. The molecule has 0 spiro atoms. The van der Waals surface area contributed by atoms with Crippen LogP contribution in [0.4, 0.5) is 0 Å². The topological polar surface area (TPSA) is 45.5 Å². The van der Waals surface area contributed by atoms with Crippen LogP contribution in [0.15, 0.2) is 42.5 Å². The minimum atomic E-state index is 0.0496. The largest absolute Gasteiger partial charge is 0.379 e. The lowest BCUT2D eigenvalue weighted by Crippen LogP contribution is -2.53. The van der Waals surface area contributed by atoms with Gasteiger partial charge in [-0.2, -0.15) is 0 Å². The highest BCUT2D eigenvalue weighted by atomic mass is 16.5. The smallest absolute Gasteiger partial charge is 0.0987 e. The van der Waals surface area contributed by atoms with Crippen molar-refractivity contribution in [1.82, 2.24) is 9.55 Å².